The lowest BCUT2D eigenvalue weighted by Crippen LogP contribution is -2.48. The van der Waals surface area contributed by atoms with Crippen molar-refractivity contribution in [3.63, 3.8) is 0 Å². The van der Waals surface area contributed by atoms with E-state index in [2.05, 4.69) is 22.1 Å². The summed E-state index contributed by atoms with van der Waals surface area (Å²) in [7, 11) is 0. The van der Waals surface area contributed by atoms with Gasteiger partial charge in [0.2, 0.25) is 0 Å². The van der Waals surface area contributed by atoms with Crippen molar-refractivity contribution in [2.24, 2.45) is 0 Å². The van der Waals surface area contributed by atoms with Gasteiger partial charge in [-0.1, -0.05) is 12.1 Å². The quantitative estimate of drug-likeness (QED) is 0.788. The molecule has 2 N–H and O–H groups in total. The van der Waals surface area contributed by atoms with E-state index in [4.69, 9.17) is 4.74 Å². The molecule has 1 aliphatic rings. The molecule has 1 aliphatic heterocycles. The minimum absolute atomic E-state index is 0.177. The van der Waals surface area contributed by atoms with Crippen LogP contribution in [-0.2, 0) is 26.3 Å². The second-order valence-corrected chi connectivity index (χ2v) is 7.18. The van der Waals surface area contributed by atoms with E-state index < -0.39 is 11.8 Å². The van der Waals surface area contributed by atoms with E-state index in [0.717, 1.165) is 18.4 Å². The number of benzene rings is 1. The molecular weight excluding hydrogens is 355 g/mol. The highest BCUT2D eigenvalue weighted by molar-refractivity contribution is 7.08. The highest BCUT2D eigenvalue weighted by Crippen LogP contribution is 2.35. The van der Waals surface area contributed by atoms with Gasteiger partial charge in [0.15, 0.2) is 0 Å². The van der Waals surface area contributed by atoms with Gasteiger partial charge in [-0.3, -0.25) is 9.59 Å². The molecule has 5 nitrogen and oxygen atoms in total. The summed E-state index contributed by atoms with van der Waals surface area (Å²) in [6.07, 6.45) is 1.61. The standard InChI is InChI=1S/C19H21FN2O3S/c20-16-3-1-14(2-4-16)11-21-17(23)18(24)22-13-19(6-8-25-9-7-19)15-5-10-26-12-15/h1-5,10,12H,6-9,11,13H2,(H,21,23)(H,22,24). The lowest BCUT2D eigenvalue weighted by atomic mass is 9.75. The molecule has 3 rings (SSSR count). The zero-order valence-corrected chi connectivity index (χ0v) is 15.1. The number of carbonyl (C=O) groups excluding carboxylic acids is 2. The SMILES string of the molecule is O=C(NCc1ccc(F)cc1)C(=O)NCC1(c2ccsc2)CCOCC1. The van der Waals surface area contributed by atoms with Crippen molar-refractivity contribution in [1.29, 1.82) is 0 Å². The van der Waals surface area contributed by atoms with Crippen LogP contribution in [0.5, 0.6) is 0 Å². The Morgan fingerprint density at radius 3 is 2.42 bits per heavy atom. The lowest BCUT2D eigenvalue weighted by Gasteiger charge is -2.37. The van der Waals surface area contributed by atoms with Crippen LogP contribution in [0.2, 0.25) is 0 Å². The van der Waals surface area contributed by atoms with Crippen LogP contribution in [0.4, 0.5) is 4.39 Å². The number of hydrogen-bond donors (Lipinski definition) is 2. The van der Waals surface area contributed by atoms with Crippen LogP contribution >= 0.6 is 11.3 Å². The van der Waals surface area contributed by atoms with E-state index in [0.29, 0.717) is 19.8 Å². The summed E-state index contributed by atoms with van der Waals surface area (Å²) in [6, 6.07) is 7.84. The minimum Gasteiger partial charge on any atom is -0.381 e. The number of nitrogens with one attached hydrogen (secondary N) is 2. The average Bonchev–Trinajstić information content (AvgIpc) is 3.21. The average molecular weight is 376 g/mol. The number of hydrogen-bond acceptors (Lipinski definition) is 4. The number of carbonyl (C=O) groups is 2. The zero-order chi connectivity index (χ0) is 18.4. The number of rotatable bonds is 5. The monoisotopic (exact) mass is 376 g/mol. The molecule has 0 atom stereocenters. The smallest absolute Gasteiger partial charge is 0.309 e. The van der Waals surface area contributed by atoms with Gasteiger partial charge in [-0.2, -0.15) is 11.3 Å². The van der Waals surface area contributed by atoms with Gasteiger partial charge in [-0.05, 0) is 52.9 Å². The molecule has 2 amide bonds. The second kappa shape index (κ2) is 8.42. The molecule has 1 fully saturated rings. The Labute approximate surface area is 155 Å². The van der Waals surface area contributed by atoms with Gasteiger partial charge < -0.3 is 15.4 Å². The summed E-state index contributed by atoms with van der Waals surface area (Å²) in [4.78, 5) is 24.2. The zero-order valence-electron chi connectivity index (χ0n) is 14.3. The predicted molar refractivity (Wildman–Crippen MR) is 97.3 cm³/mol. The van der Waals surface area contributed by atoms with E-state index >= 15 is 0 Å². The Morgan fingerprint density at radius 2 is 1.77 bits per heavy atom. The summed E-state index contributed by atoms with van der Waals surface area (Å²) >= 11 is 1.62. The molecule has 1 aromatic carbocycles. The van der Waals surface area contributed by atoms with Crippen molar-refractivity contribution >= 4 is 23.2 Å². The lowest BCUT2D eigenvalue weighted by molar-refractivity contribution is -0.139. The molecule has 0 aliphatic carbocycles. The summed E-state index contributed by atoms with van der Waals surface area (Å²) in [5.41, 5.74) is 1.72. The minimum atomic E-state index is -0.693. The Kier molecular flexibility index (Phi) is 6.00. The topological polar surface area (TPSA) is 67.4 Å². The highest BCUT2D eigenvalue weighted by Gasteiger charge is 2.35. The molecular formula is C19H21FN2O3S. The van der Waals surface area contributed by atoms with Gasteiger partial charge in [-0.25, -0.2) is 4.39 Å². The molecule has 0 bridgehead atoms. The third kappa shape index (κ3) is 4.47. The molecule has 1 aromatic heterocycles. The van der Waals surface area contributed by atoms with Gasteiger partial charge in [0.25, 0.3) is 0 Å². The molecule has 7 heteroatoms. The van der Waals surface area contributed by atoms with Crippen LogP contribution in [0.1, 0.15) is 24.0 Å². The van der Waals surface area contributed by atoms with Gasteiger partial charge in [-0.15, -0.1) is 0 Å². The van der Waals surface area contributed by atoms with E-state index in [-0.39, 0.29) is 17.8 Å². The molecule has 0 radical (unpaired) electrons. The third-order valence-corrected chi connectivity index (χ3v) is 5.43. The highest BCUT2D eigenvalue weighted by atomic mass is 32.1. The van der Waals surface area contributed by atoms with Crippen molar-refractivity contribution in [1.82, 2.24) is 10.6 Å². The fourth-order valence-electron chi connectivity index (χ4n) is 3.09. The number of ether oxygens (including phenoxy) is 1. The van der Waals surface area contributed by atoms with Crippen LogP contribution in [0.25, 0.3) is 0 Å². The first kappa shape index (κ1) is 18.5. The largest absolute Gasteiger partial charge is 0.381 e. The summed E-state index contributed by atoms with van der Waals surface area (Å²) in [5.74, 6) is -1.69. The molecule has 0 spiro atoms. The molecule has 2 heterocycles. The fraction of sp³-hybridized carbons (Fsp3) is 0.368. The Balaban J connectivity index is 1.54. The Bertz CT molecular complexity index is 741. The van der Waals surface area contributed by atoms with Gasteiger partial charge in [0.05, 0.1) is 0 Å². The maximum atomic E-state index is 12.9. The molecule has 1 saturated heterocycles. The normalized spacial score (nSPS) is 16.0. The molecule has 0 unspecified atom stereocenters. The third-order valence-electron chi connectivity index (χ3n) is 4.74. The van der Waals surface area contributed by atoms with E-state index in [1.54, 1.807) is 23.5 Å². The van der Waals surface area contributed by atoms with Crippen LogP contribution in [0.3, 0.4) is 0 Å². The van der Waals surface area contributed by atoms with Gasteiger partial charge >= 0.3 is 11.8 Å². The summed E-state index contributed by atoms with van der Waals surface area (Å²) < 4.78 is 18.3. The van der Waals surface area contributed by atoms with Crippen LogP contribution in [0, 0.1) is 5.82 Å². The van der Waals surface area contributed by atoms with Gasteiger partial charge in [0.1, 0.15) is 5.82 Å². The van der Waals surface area contributed by atoms with Crippen LogP contribution < -0.4 is 10.6 Å². The second-order valence-electron chi connectivity index (χ2n) is 6.40. The molecule has 138 valence electrons. The van der Waals surface area contributed by atoms with Crippen molar-refractivity contribution in [3.8, 4) is 0 Å². The van der Waals surface area contributed by atoms with Crippen molar-refractivity contribution in [2.45, 2.75) is 24.8 Å². The first-order valence-electron chi connectivity index (χ1n) is 8.50. The number of halogens is 1. The fourth-order valence-corrected chi connectivity index (χ4v) is 3.87. The maximum absolute atomic E-state index is 12.9. The van der Waals surface area contributed by atoms with Gasteiger partial charge in [0, 0.05) is 31.7 Å². The van der Waals surface area contributed by atoms with Crippen LogP contribution in [0.15, 0.2) is 41.1 Å². The van der Waals surface area contributed by atoms with E-state index in [9.17, 15) is 14.0 Å². The first-order valence-corrected chi connectivity index (χ1v) is 9.44. The van der Waals surface area contributed by atoms with E-state index in [1.807, 2.05) is 5.38 Å². The summed E-state index contributed by atoms with van der Waals surface area (Å²) in [5, 5.41) is 9.43. The summed E-state index contributed by atoms with van der Waals surface area (Å²) in [6.45, 7) is 1.86. The predicted octanol–water partition coefficient (Wildman–Crippen LogP) is 2.37. The first-order chi connectivity index (χ1) is 12.6. The van der Waals surface area contributed by atoms with Crippen molar-refractivity contribution in [2.75, 3.05) is 19.8 Å². The molecule has 26 heavy (non-hydrogen) atoms. The van der Waals surface area contributed by atoms with Crippen molar-refractivity contribution in [3.05, 3.63) is 58.0 Å². The molecule has 2 aromatic rings. The van der Waals surface area contributed by atoms with E-state index in [1.165, 1.54) is 17.7 Å². The number of thiophene rings is 1. The maximum Gasteiger partial charge on any atom is 0.309 e. The van der Waals surface area contributed by atoms with Crippen molar-refractivity contribution < 1.29 is 18.7 Å². The number of amides is 2. The molecule has 0 saturated carbocycles. The Morgan fingerprint density at radius 1 is 1.08 bits per heavy atom. The van der Waals surface area contributed by atoms with Crippen LogP contribution in [-0.4, -0.2) is 31.6 Å². The Hall–Kier alpha value is -2.25.